The van der Waals surface area contributed by atoms with Crippen molar-refractivity contribution in [3.8, 4) is 5.75 Å². The van der Waals surface area contributed by atoms with Crippen molar-refractivity contribution < 1.29 is 9.13 Å². The van der Waals surface area contributed by atoms with Gasteiger partial charge in [-0.2, -0.15) is 0 Å². The molecule has 1 aliphatic carbocycles. The Morgan fingerprint density at radius 1 is 1.50 bits per heavy atom. The molecular weight excluding hydrogens is 181 g/mol. The minimum atomic E-state index is -0.316. The molecule has 76 valence electrons. The maximum absolute atomic E-state index is 13.4. The van der Waals surface area contributed by atoms with Crippen LogP contribution in [0.5, 0.6) is 5.75 Å². The molecule has 1 atom stereocenters. The molecule has 1 aromatic carbocycles. The van der Waals surface area contributed by atoms with Gasteiger partial charge in [-0.25, -0.2) is 4.39 Å². The predicted molar refractivity (Wildman–Crippen MR) is 52.8 cm³/mol. The molecule has 0 bridgehead atoms. The van der Waals surface area contributed by atoms with Gasteiger partial charge in [-0.05, 0) is 30.9 Å². The van der Waals surface area contributed by atoms with Crippen LogP contribution in [0.25, 0.3) is 0 Å². The molecule has 0 aliphatic heterocycles. The molecule has 0 aromatic heterocycles. The smallest absolute Gasteiger partial charge is 0.165 e. The Bertz CT molecular complexity index is 351. The van der Waals surface area contributed by atoms with Crippen molar-refractivity contribution in [3.63, 3.8) is 0 Å². The number of halogens is 1. The fraction of sp³-hybridized carbons (Fsp3) is 0.455. The molecule has 0 saturated carbocycles. The van der Waals surface area contributed by atoms with E-state index in [1.54, 1.807) is 0 Å². The summed E-state index contributed by atoms with van der Waals surface area (Å²) in [6.45, 7) is 0. The average Bonchev–Trinajstić information content (AvgIpc) is 2.19. The molecule has 1 aromatic rings. The van der Waals surface area contributed by atoms with Crippen LogP contribution in [-0.4, -0.2) is 7.11 Å². The normalized spacial score (nSPS) is 20.4. The Morgan fingerprint density at radius 2 is 2.29 bits per heavy atom. The largest absolute Gasteiger partial charge is 0.493 e. The topological polar surface area (TPSA) is 35.2 Å². The van der Waals surface area contributed by atoms with E-state index in [9.17, 15) is 4.39 Å². The molecule has 1 aliphatic rings. The molecule has 3 heteroatoms. The van der Waals surface area contributed by atoms with Crippen molar-refractivity contribution in [1.82, 2.24) is 0 Å². The number of hydrogen-bond donors (Lipinski definition) is 1. The van der Waals surface area contributed by atoms with Gasteiger partial charge >= 0.3 is 0 Å². The number of rotatable bonds is 1. The van der Waals surface area contributed by atoms with E-state index in [0.717, 1.165) is 30.4 Å². The van der Waals surface area contributed by atoms with Crippen molar-refractivity contribution in [2.24, 2.45) is 5.73 Å². The van der Waals surface area contributed by atoms with Crippen LogP contribution in [0, 0.1) is 5.82 Å². The summed E-state index contributed by atoms with van der Waals surface area (Å²) in [5, 5.41) is 0. The lowest BCUT2D eigenvalue weighted by molar-refractivity contribution is 0.371. The SMILES string of the molecule is COc1c(F)ccc2c1C(N)CCC2. The second-order valence-corrected chi connectivity index (χ2v) is 3.65. The summed E-state index contributed by atoms with van der Waals surface area (Å²) >= 11 is 0. The molecule has 0 radical (unpaired) electrons. The fourth-order valence-corrected chi connectivity index (χ4v) is 2.10. The quantitative estimate of drug-likeness (QED) is 0.745. The van der Waals surface area contributed by atoms with E-state index in [-0.39, 0.29) is 11.9 Å². The van der Waals surface area contributed by atoms with Gasteiger partial charge in [-0.3, -0.25) is 0 Å². The molecule has 14 heavy (non-hydrogen) atoms. The summed E-state index contributed by atoms with van der Waals surface area (Å²) in [7, 11) is 1.49. The van der Waals surface area contributed by atoms with E-state index in [1.807, 2.05) is 6.07 Å². The lowest BCUT2D eigenvalue weighted by Crippen LogP contribution is -2.19. The van der Waals surface area contributed by atoms with Gasteiger partial charge in [0.2, 0.25) is 0 Å². The van der Waals surface area contributed by atoms with E-state index in [1.165, 1.54) is 13.2 Å². The van der Waals surface area contributed by atoms with Crippen LogP contribution in [0.1, 0.15) is 30.0 Å². The van der Waals surface area contributed by atoms with Crippen LogP contribution < -0.4 is 10.5 Å². The summed E-state index contributed by atoms with van der Waals surface area (Å²) in [6.07, 6.45) is 2.95. The van der Waals surface area contributed by atoms with Crippen LogP contribution in [0.2, 0.25) is 0 Å². The lowest BCUT2D eigenvalue weighted by atomic mass is 9.87. The Kier molecular flexibility index (Phi) is 2.42. The predicted octanol–water partition coefficient (Wildman–Crippen LogP) is 2.17. The molecule has 2 nitrogen and oxygen atoms in total. The first kappa shape index (κ1) is 9.46. The number of fused-ring (bicyclic) bond motifs is 1. The van der Waals surface area contributed by atoms with Crippen LogP contribution in [0.3, 0.4) is 0 Å². The monoisotopic (exact) mass is 195 g/mol. The highest BCUT2D eigenvalue weighted by atomic mass is 19.1. The zero-order chi connectivity index (χ0) is 10.1. The highest BCUT2D eigenvalue weighted by Crippen LogP contribution is 2.36. The summed E-state index contributed by atoms with van der Waals surface area (Å²) < 4.78 is 18.4. The first-order valence-corrected chi connectivity index (χ1v) is 4.85. The minimum Gasteiger partial charge on any atom is -0.493 e. The molecule has 0 heterocycles. The minimum absolute atomic E-state index is 0.0793. The number of aryl methyl sites for hydroxylation is 1. The lowest BCUT2D eigenvalue weighted by Gasteiger charge is -2.24. The van der Waals surface area contributed by atoms with Gasteiger partial charge in [0, 0.05) is 11.6 Å². The highest BCUT2D eigenvalue weighted by Gasteiger charge is 2.23. The maximum Gasteiger partial charge on any atom is 0.165 e. The van der Waals surface area contributed by atoms with Crippen LogP contribution in [0.4, 0.5) is 4.39 Å². The number of ether oxygens (including phenoxy) is 1. The van der Waals surface area contributed by atoms with E-state index >= 15 is 0 Å². The van der Waals surface area contributed by atoms with Crippen LogP contribution in [-0.2, 0) is 6.42 Å². The van der Waals surface area contributed by atoms with Crippen molar-refractivity contribution in [3.05, 3.63) is 29.1 Å². The maximum atomic E-state index is 13.4. The van der Waals surface area contributed by atoms with Crippen LogP contribution >= 0.6 is 0 Å². The third kappa shape index (κ3) is 1.38. The number of methoxy groups -OCH3 is 1. The van der Waals surface area contributed by atoms with Gasteiger partial charge < -0.3 is 10.5 Å². The molecule has 2 rings (SSSR count). The molecular formula is C11H14FNO. The summed E-state index contributed by atoms with van der Waals surface area (Å²) in [5.41, 5.74) is 7.93. The molecule has 0 fully saturated rings. The first-order valence-electron chi connectivity index (χ1n) is 4.85. The fourth-order valence-electron chi connectivity index (χ4n) is 2.10. The first-order chi connectivity index (χ1) is 6.74. The van der Waals surface area contributed by atoms with E-state index in [0.29, 0.717) is 5.75 Å². The van der Waals surface area contributed by atoms with Gasteiger partial charge in [0.15, 0.2) is 11.6 Å². The second kappa shape index (κ2) is 3.58. The highest BCUT2D eigenvalue weighted by molar-refractivity contribution is 5.44. The Labute approximate surface area is 82.9 Å². The van der Waals surface area contributed by atoms with Gasteiger partial charge in [0.25, 0.3) is 0 Å². The zero-order valence-electron chi connectivity index (χ0n) is 8.22. The summed E-state index contributed by atoms with van der Waals surface area (Å²) in [5.74, 6) is 0.0123. The van der Waals surface area contributed by atoms with Gasteiger partial charge in [0.1, 0.15) is 0 Å². The van der Waals surface area contributed by atoms with Crippen molar-refractivity contribution in [2.45, 2.75) is 25.3 Å². The third-order valence-corrected chi connectivity index (χ3v) is 2.77. The summed E-state index contributed by atoms with van der Waals surface area (Å²) in [4.78, 5) is 0. The van der Waals surface area contributed by atoms with E-state index in [4.69, 9.17) is 10.5 Å². The molecule has 2 N–H and O–H groups in total. The van der Waals surface area contributed by atoms with Crippen LogP contribution in [0.15, 0.2) is 12.1 Å². The Balaban J connectivity index is 2.57. The number of hydrogen-bond acceptors (Lipinski definition) is 2. The molecule has 0 amide bonds. The Hall–Kier alpha value is -1.09. The standard InChI is InChI=1S/C11H14FNO/c1-14-11-8(12)6-5-7-3-2-4-9(13)10(7)11/h5-6,9H,2-4,13H2,1H3. The number of nitrogens with two attached hydrogens (primary N) is 1. The van der Waals surface area contributed by atoms with Gasteiger partial charge in [0.05, 0.1) is 7.11 Å². The van der Waals surface area contributed by atoms with Crippen molar-refractivity contribution in [1.29, 1.82) is 0 Å². The number of benzene rings is 1. The Morgan fingerprint density at radius 3 is 3.00 bits per heavy atom. The average molecular weight is 195 g/mol. The zero-order valence-corrected chi connectivity index (χ0v) is 8.22. The van der Waals surface area contributed by atoms with Crippen molar-refractivity contribution in [2.75, 3.05) is 7.11 Å². The molecule has 0 saturated heterocycles. The van der Waals surface area contributed by atoms with E-state index in [2.05, 4.69) is 0 Å². The van der Waals surface area contributed by atoms with Gasteiger partial charge in [-0.15, -0.1) is 0 Å². The molecule has 1 unspecified atom stereocenters. The molecule has 0 spiro atoms. The summed E-state index contributed by atoms with van der Waals surface area (Å²) in [6, 6.07) is 3.19. The second-order valence-electron chi connectivity index (χ2n) is 3.65. The third-order valence-electron chi connectivity index (χ3n) is 2.77. The van der Waals surface area contributed by atoms with Gasteiger partial charge in [-0.1, -0.05) is 6.07 Å². The van der Waals surface area contributed by atoms with E-state index < -0.39 is 0 Å². The van der Waals surface area contributed by atoms with Crippen molar-refractivity contribution >= 4 is 0 Å².